The fourth-order valence-corrected chi connectivity index (χ4v) is 5.91. The lowest BCUT2D eigenvalue weighted by Crippen LogP contribution is -2.60. The second kappa shape index (κ2) is 10.1. The third-order valence-electron chi connectivity index (χ3n) is 8.49. The van der Waals surface area contributed by atoms with Gasteiger partial charge in [0.1, 0.15) is 0 Å². The number of alkyl halides is 3. The number of nitrogens with two attached hydrogens (primary N) is 1. The predicted molar refractivity (Wildman–Crippen MR) is 143 cm³/mol. The Morgan fingerprint density at radius 2 is 1.76 bits per heavy atom. The molecule has 3 aliphatic rings. The topological polar surface area (TPSA) is 52.8 Å². The molecular formula is C30H35F3N4O. The molecule has 0 bridgehead atoms. The zero-order valence-electron chi connectivity index (χ0n) is 22.0. The lowest BCUT2D eigenvalue weighted by atomic mass is 9.71. The van der Waals surface area contributed by atoms with E-state index in [2.05, 4.69) is 35.1 Å². The molecule has 3 heterocycles. The Morgan fingerprint density at radius 1 is 1.08 bits per heavy atom. The van der Waals surface area contributed by atoms with Crippen LogP contribution in [-0.4, -0.2) is 53.3 Å². The van der Waals surface area contributed by atoms with Crippen molar-refractivity contribution >= 4 is 5.91 Å². The van der Waals surface area contributed by atoms with E-state index in [-0.39, 0.29) is 18.5 Å². The van der Waals surface area contributed by atoms with Gasteiger partial charge in [-0.05, 0) is 66.3 Å². The van der Waals surface area contributed by atoms with Gasteiger partial charge in [0.15, 0.2) is 0 Å². The number of rotatable bonds is 5. The largest absolute Gasteiger partial charge is 0.416 e. The van der Waals surface area contributed by atoms with Gasteiger partial charge in [-0.3, -0.25) is 4.79 Å². The molecule has 1 atom stereocenters. The third kappa shape index (κ3) is 5.19. The first-order valence-corrected chi connectivity index (χ1v) is 13.2. The summed E-state index contributed by atoms with van der Waals surface area (Å²) in [5.41, 5.74) is 9.76. The van der Waals surface area contributed by atoms with Gasteiger partial charge in [-0.25, -0.2) is 0 Å². The predicted octanol–water partition coefficient (Wildman–Crippen LogP) is 5.55. The van der Waals surface area contributed by atoms with Crippen LogP contribution in [0.2, 0.25) is 0 Å². The van der Waals surface area contributed by atoms with E-state index < -0.39 is 11.7 Å². The second-order valence-corrected chi connectivity index (χ2v) is 10.9. The number of hydrogen-bond acceptors (Lipinski definition) is 4. The van der Waals surface area contributed by atoms with E-state index in [1.807, 2.05) is 29.2 Å². The fraction of sp³-hybridized carbons (Fsp3) is 0.433. The standard InChI is InChI=1S/C30H35F3N4O/c1-21(23-3-5-24(6-4-23)28-17-26(30(31,32)33)8-7-25(28)18-34)35-13-9-27(10-14-35)37-19-29(20-37)11-15-36(16-12-29)22(2)38/h3-10,13,17,21H,11-12,14-16,18-20,34H2,1-2H3. The second-order valence-electron chi connectivity index (χ2n) is 10.9. The van der Waals surface area contributed by atoms with Gasteiger partial charge in [0.25, 0.3) is 0 Å². The van der Waals surface area contributed by atoms with Gasteiger partial charge in [0.2, 0.25) is 5.91 Å². The van der Waals surface area contributed by atoms with Crippen LogP contribution in [0.5, 0.6) is 0 Å². The van der Waals surface area contributed by atoms with Gasteiger partial charge in [0.05, 0.1) is 11.6 Å². The monoisotopic (exact) mass is 524 g/mol. The summed E-state index contributed by atoms with van der Waals surface area (Å²) < 4.78 is 39.8. The van der Waals surface area contributed by atoms with E-state index >= 15 is 0 Å². The molecule has 0 saturated carbocycles. The average molecular weight is 525 g/mol. The Morgan fingerprint density at radius 3 is 2.32 bits per heavy atom. The molecule has 5 nitrogen and oxygen atoms in total. The van der Waals surface area contributed by atoms with Crippen LogP contribution in [0.4, 0.5) is 13.2 Å². The van der Waals surface area contributed by atoms with Gasteiger partial charge in [-0.15, -0.1) is 0 Å². The Kier molecular flexibility index (Phi) is 7.03. The molecule has 2 aromatic rings. The quantitative estimate of drug-likeness (QED) is 0.557. The molecule has 2 N–H and O–H groups in total. The number of allylic oxidation sites excluding steroid dienone is 1. The summed E-state index contributed by atoms with van der Waals surface area (Å²) in [6, 6.07) is 11.6. The molecule has 1 unspecified atom stereocenters. The maximum atomic E-state index is 13.3. The van der Waals surface area contributed by atoms with E-state index in [0.29, 0.717) is 16.5 Å². The Labute approximate surface area is 222 Å². The highest BCUT2D eigenvalue weighted by Crippen LogP contribution is 2.43. The van der Waals surface area contributed by atoms with Crippen molar-refractivity contribution in [3.8, 4) is 11.1 Å². The number of carbonyl (C=O) groups is 1. The van der Waals surface area contributed by atoms with Crippen molar-refractivity contribution in [1.82, 2.24) is 14.7 Å². The van der Waals surface area contributed by atoms with Gasteiger partial charge in [-0.1, -0.05) is 30.3 Å². The van der Waals surface area contributed by atoms with Crippen molar-refractivity contribution in [2.24, 2.45) is 11.1 Å². The van der Waals surface area contributed by atoms with Crippen molar-refractivity contribution < 1.29 is 18.0 Å². The molecule has 0 radical (unpaired) electrons. The van der Waals surface area contributed by atoms with E-state index in [0.717, 1.165) is 62.8 Å². The molecule has 2 saturated heterocycles. The summed E-state index contributed by atoms with van der Waals surface area (Å²) >= 11 is 0. The molecule has 8 heteroatoms. The van der Waals surface area contributed by atoms with E-state index in [4.69, 9.17) is 5.73 Å². The third-order valence-corrected chi connectivity index (χ3v) is 8.49. The van der Waals surface area contributed by atoms with Crippen molar-refractivity contribution in [3.05, 3.63) is 83.2 Å². The summed E-state index contributed by atoms with van der Waals surface area (Å²) in [6.07, 6.45) is 4.32. The van der Waals surface area contributed by atoms with Crippen LogP contribution in [0.1, 0.15) is 49.4 Å². The lowest BCUT2D eigenvalue weighted by molar-refractivity contribution is -0.137. The summed E-state index contributed by atoms with van der Waals surface area (Å²) in [5.74, 6) is 0.175. The molecule has 5 rings (SSSR count). The van der Waals surface area contributed by atoms with E-state index in [1.165, 1.54) is 17.8 Å². The zero-order valence-corrected chi connectivity index (χ0v) is 22.0. The van der Waals surface area contributed by atoms with Gasteiger partial charge < -0.3 is 20.4 Å². The van der Waals surface area contributed by atoms with E-state index in [9.17, 15) is 18.0 Å². The van der Waals surface area contributed by atoms with Gasteiger partial charge >= 0.3 is 6.18 Å². The van der Waals surface area contributed by atoms with Crippen LogP contribution in [0.25, 0.3) is 11.1 Å². The molecule has 202 valence electrons. The van der Waals surface area contributed by atoms with Crippen molar-refractivity contribution in [3.63, 3.8) is 0 Å². The normalized spacial score (nSPS) is 19.8. The molecule has 3 aliphatic heterocycles. The summed E-state index contributed by atoms with van der Waals surface area (Å²) in [6.45, 7) is 8.58. The number of carbonyl (C=O) groups excluding carboxylic acids is 1. The van der Waals surface area contributed by atoms with Crippen LogP contribution in [0.3, 0.4) is 0 Å². The number of piperidine rings is 1. The minimum Gasteiger partial charge on any atom is -0.370 e. The van der Waals surface area contributed by atoms with Crippen LogP contribution in [0.15, 0.2) is 66.5 Å². The average Bonchev–Trinajstić information content (AvgIpc) is 2.90. The molecule has 2 aromatic carbocycles. The highest BCUT2D eigenvalue weighted by Gasteiger charge is 2.45. The van der Waals surface area contributed by atoms with Gasteiger partial charge in [0, 0.05) is 63.5 Å². The SMILES string of the molecule is CC(=O)N1CCC2(CC1)CN(C1=CCN(C(C)c3ccc(-c4cc(C(F)(F)F)ccc4CN)cc3)C=C1)C2. The minimum absolute atomic E-state index is 0.118. The Bertz CT molecular complexity index is 1240. The fourth-order valence-electron chi connectivity index (χ4n) is 5.91. The maximum Gasteiger partial charge on any atom is 0.416 e. The minimum atomic E-state index is -4.40. The van der Waals surface area contributed by atoms with Crippen LogP contribution in [0, 0.1) is 5.41 Å². The van der Waals surface area contributed by atoms with Gasteiger partial charge in [-0.2, -0.15) is 13.2 Å². The van der Waals surface area contributed by atoms with Crippen molar-refractivity contribution in [2.75, 3.05) is 32.7 Å². The highest BCUT2D eigenvalue weighted by atomic mass is 19.4. The van der Waals surface area contributed by atoms with Crippen molar-refractivity contribution in [1.29, 1.82) is 0 Å². The first kappa shape index (κ1) is 26.4. The number of halogens is 3. The Balaban J connectivity index is 1.20. The van der Waals surface area contributed by atoms with Crippen LogP contribution >= 0.6 is 0 Å². The number of likely N-dealkylation sites (tertiary alicyclic amines) is 2. The molecule has 1 amide bonds. The van der Waals surface area contributed by atoms with E-state index in [1.54, 1.807) is 6.92 Å². The molecule has 2 fully saturated rings. The van der Waals surface area contributed by atoms with Crippen molar-refractivity contribution in [2.45, 2.75) is 45.5 Å². The Hall–Kier alpha value is -3.26. The molecular weight excluding hydrogens is 489 g/mol. The molecule has 0 aromatic heterocycles. The maximum absolute atomic E-state index is 13.3. The molecule has 0 aliphatic carbocycles. The number of benzene rings is 2. The summed E-state index contributed by atoms with van der Waals surface area (Å²) in [5, 5.41) is 0. The summed E-state index contributed by atoms with van der Waals surface area (Å²) in [4.78, 5) is 18.3. The zero-order chi connectivity index (χ0) is 27.1. The number of amides is 1. The lowest BCUT2D eigenvalue weighted by Gasteiger charge is -2.55. The number of hydrogen-bond donors (Lipinski definition) is 1. The summed E-state index contributed by atoms with van der Waals surface area (Å²) in [7, 11) is 0. The number of nitrogens with zero attached hydrogens (tertiary/aromatic N) is 3. The van der Waals surface area contributed by atoms with Crippen LogP contribution < -0.4 is 5.73 Å². The molecule has 38 heavy (non-hydrogen) atoms. The smallest absolute Gasteiger partial charge is 0.370 e. The first-order valence-electron chi connectivity index (χ1n) is 13.2. The molecule has 1 spiro atoms. The highest BCUT2D eigenvalue weighted by molar-refractivity contribution is 5.73. The first-order chi connectivity index (χ1) is 18.1. The van der Waals surface area contributed by atoms with Crippen LogP contribution in [-0.2, 0) is 17.5 Å².